The first-order chi connectivity index (χ1) is 15.5. The largest absolute Gasteiger partial charge is 0.493 e. The van der Waals surface area contributed by atoms with Crippen LogP contribution in [0.4, 0.5) is 15.8 Å². The summed E-state index contributed by atoms with van der Waals surface area (Å²) >= 11 is 6.31. The molecule has 0 aliphatic carbocycles. The number of carbonyl (C=O) groups excluding carboxylic acids is 1. The van der Waals surface area contributed by atoms with E-state index >= 15 is 0 Å². The third-order valence-electron chi connectivity index (χ3n) is 6.27. The van der Waals surface area contributed by atoms with Gasteiger partial charge in [0, 0.05) is 42.6 Å². The summed E-state index contributed by atoms with van der Waals surface area (Å²) in [6.07, 6.45) is 4.17. The van der Waals surface area contributed by atoms with Crippen molar-refractivity contribution < 1.29 is 18.7 Å². The Kier molecular flexibility index (Phi) is 5.27. The van der Waals surface area contributed by atoms with E-state index in [1.54, 1.807) is 24.3 Å². The molecule has 2 aliphatic rings. The van der Waals surface area contributed by atoms with Crippen LogP contribution in [0.3, 0.4) is 0 Å². The van der Waals surface area contributed by atoms with Crippen molar-refractivity contribution in [3.63, 3.8) is 0 Å². The van der Waals surface area contributed by atoms with Crippen molar-refractivity contribution >= 4 is 28.9 Å². The van der Waals surface area contributed by atoms with Gasteiger partial charge in [0.05, 0.1) is 41.0 Å². The number of hydrogen-bond acceptors (Lipinski definition) is 5. The molecule has 0 radical (unpaired) electrons. The summed E-state index contributed by atoms with van der Waals surface area (Å²) in [5, 5.41) is 6.75. The first-order valence-electron chi connectivity index (χ1n) is 10.4. The van der Waals surface area contributed by atoms with E-state index in [1.165, 1.54) is 13.3 Å². The monoisotopic (exact) mass is 456 g/mol. The Hall–Kier alpha value is -3.10. The average molecular weight is 457 g/mol. The van der Waals surface area contributed by atoms with Gasteiger partial charge in [0.25, 0.3) is 5.91 Å². The SMILES string of the molecule is COc1c(Cl)cccc1Nc1c(-c2ccncc2F)[nH]c2c1C(=O)NCC21CCOCC1. The maximum absolute atomic E-state index is 14.8. The van der Waals surface area contributed by atoms with Gasteiger partial charge in [0.1, 0.15) is 0 Å². The Balaban J connectivity index is 1.74. The lowest BCUT2D eigenvalue weighted by molar-refractivity contribution is 0.0443. The predicted molar refractivity (Wildman–Crippen MR) is 119 cm³/mol. The first-order valence-corrected chi connectivity index (χ1v) is 10.7. The number of hydrogen-bond donors (Lipinski definition) is 3. The molecule has 1 aromatic carbocycles. The van der Waals surface area contributed by atoms with Gasteiger partial charge in [-0.25, -0.2) is 4.39 Å². The van der Waals surface area contributed by atoms with Crippen LogP contribution in [0, 0.1) is 5.82 Å². The highest BCUT2D eigenvalue weighted by Crippen LogP contribution is 2.46. The summed E-state index contributed by atoms with van der Waals surface area (Å²) in [5.74, 6) is -0.284. The van der Waals surface area contributed by atoms with Crippen molar-refractivity contribution in [3.05, 3.63) is 58.8 Å². The normalized spacial score (nSPS) is 17.0. The molecule has 3 N–H and O–H groups in total. The van der Waals surface area contributed by atoms with Gasteiger partial charge in [-0.2, -0.15) is 0 Å². The lowest BCUT2D eigenvalue weighted by Crippen LogP contribution is -2.49. The van der Waals surface area contributed by atoms with Crippen LogP contribution in [0.5, 0.6) is 5.75 Å². The van der Waals surface area contributed by atoms with E-state index in [9.17, 15) is 9.18 Å². The number of ether oxygens (including phenoxy) is 2. The molecule has 2 aromatic heterocycles. The molecule has 7 nitrogen and oxygen atoms in total. The molecule has 0 unspecified atom stereocenters. The molecular weight excluding hydrogens is 435 g/mol. The summed E-state index contributed by atoms with van der Waals surface area (Å²) in [6, 6.07) is 6.87. The number of pyridine rings is 1. The average Bonchev–Trinajstić information content (AvgIpc) is 3.18. The zero-order valence-corrected chi connectivity index (χ0v) is 18.2. The van der Waals surface area contributed by atoms with Crippen molar-refractivity contribution in [1.82, 2.24) is 15.3 Å². The number of rotatable bonds is 4. The van der Waals surface area contributed by atoms with Crippen molar-refractivity contribution in [3.8, 4) is 17.0 Å². The fourth-order valence-electron chi connectivity index (χ4n) is 4.59. The van der Waals surface area contributed by atoms with E-state index in [4.69, 9.17) is 21.1 Å². The van der Waals surface area contributed by atoms with Crippen LogP contribution in [-0.2, 0) is 10.2 Å². The zero-order valence-electron chi connectivity index (χ0n) is 17.4. The molecule has 0 atom stereocenters. The third-order valence-corrected chi connectivity index (χ3v) is 6.56. The summed E-state index contributed by atoms with van der Waals surface area (Å²) in [5.41, 5.74) is 2.77. The highest BCUT2D eigenvalue weighted by Gasteiger charge is 2.44. The van der Waals surface area contributed by atoms with Crippen LogP contribution in [0.15, 0.2) is 36.7 Å². The third kappa shape index (κ3) is 3.30. The van der Waals surface area contributed by atoms with E-state index in [2.05, 4.69) is 20.6 Å². The van der Waals surface area contributed by atoms with Crippen molar-refractivity contribution in [2.24, 2.45) is 0 Å². The van der Waals surface area contributed by atoms with Crippen LogP contribution in [0.1, 0.15) is 28.9 Å². The number of fused-ring (bicyclic) bond motifs is 2. The van der Waals surface area contributed by atoms with Crippen molar-refractivity contribution in [2.75, 3.05) is 32.2 Å². The Bertz CT molecular complexity index is 1190. The number of carbonyl (C=O) groups is 1. The van der Waals surface area contributed by atoms with E-state index < -0.39 is 5.82 Å². The van der Waals surface area contributed by atoms with E-state index in [1.807, 2.05) is 0 Å². The van der Waals surface area contributed by atoms with Gasteiger partial charge in [-0.1, -0.05) is 17.7 Å². The van der Waals surface area contributed by atoms with Crippen LogP contribution in [0.2, 0.25) is 5.02 Å². The maximum atomic E-state index is 14.8. The maximum Gasteiger partial charge on any atom is 0.255 e. The molecular formula is C23H22ClFN4O3. The predicted octanol–water partition coefficient (Wildman–Crippen LogP) is 4.41. The summed E-state index contributed by atoms with van der Waals surface area (Å²) in [4.78, 5) is 20.4. The molecule has 5 rings (SSSR count). The number of aromatic amines is 1. The molecule has 1 saturated heterocycles. The number of anilines is 2. The number of amides is 1. The molecule has 32 heavy (non-hydrogen) atoms. The minimum absolute atomic E-state index is 0.224. The number of H-pyrrole nitrogens is 1. The minimum Gasteiger partial charge on any atom is -0.493 e. The second-order valence-electron chi connectivity index (χ2n) is 8.00. The number of methoxy groups -OCH3 is 1. The van der Waals surface area contributed by atoms with Crippen LogP contribution in [-0.4, -0.2) is 42.7 Å². The van der Waals surface area contributed by atoms with Gasteiger partial charge in [0.15, 0.2) is 11.6 Å². The molecule has 1 fully saturated rings. The van der Waals surface area contributed by atoms with Gasteiger partial charge in [-0.05, 0) is 31.0 Å². The standard InChI is InChI=1S/C23H22ClFN4O3/c1-31-20-14(24)3-2-4-16(20)28-19-17-21(29-18(19)13-5-8-26-11-15(13)25)23(12-27-22(17)30)6-9-32-10-7-23/h2-5,8,11,28-29H,6-7,9-10,12H2,1H3,(H,27,30). The summed E-state index contributed by atoms with van der Waals surface area (Å²) in [7, 11) is 1.52. The smallest absolute Gasteiger partial charge is 0.255 e. The van der Waals surface area contributed by atoms with E-state index in [0.29, 0.717) is 58.7 Å². The van der Waals surface area contributed by atoms with Crippen molar-refractivity contribution in [1.29, 1.82) is 0 Å². The Labute approximate surface area is 189 Å². The zero-order chi connectivity index (χ0) is 22.3. The molecule has 3 aromatic rings. The molecule has 1 spiro atoms. The molecule has 0 saturated carbocycles. The number of benzene rings is 1. The molecule has 1 amide bonds. The second-order valence-corrected chi connectivity index (χ2v) is 8.41. The van der Waals surface area contributed by atoms with Gasteiger partial charge in [-0.3, -0.25) is 9.78 Å². The number of halogens is 2. The molecule has 0 bridgehead atoms. The van der Waals surface area contributed by atoms with E-state index in [0.717, 1.165) is 24.7 Å². The first kappa shape index (κ1) is 20.8. The Morgan fingerprint density at radius 3 is 2.84 bits per heavy atom. The second kappa shape index (κ2) is 8.11. The Morgan fingerprint density at radius 2 is 2.09 bits per heavy atom. The molecule has 9 heteroatoms. The van der Waals surface area contributed by atoms with Gasteiger partial charge in [-0.15, -0.1) is 0 Å². The summed E-state index contributed by atoms with van der Waals surface area (Å²) < 4.78 is 25.9. The lowest BCUT2D eigenvalue weighted by Gasteiger charge is -2.40. The van der Waals surface area contributed by atoms with Crippen LogP contribution < -0.4 is 15.4 Å². The quantitative estimate of drug-likeness (QED) is 0.541. The number of nitrogens with zero attached hydrogens (tertiary/aromatic N) is 1. The summed E-state index contributed by atoms with van der Waals surface area (Å²) in [6.45, 7) is 1.69. The highest BCUT2D eigenvalue weighted by atomic mass is 35.5. The molecule has 2 aliphatic heterocycles. The van der Waals surface area contributed by atoms with Crippen molar-refractivity contribution in [2.45, 2.75) is 18.3 Å². The topological polar surface area (TPSA) is 88.3 Å². The minimum atomic E-state index is -0.492. The Morgan fingerprint density at radius 1 is 1.28 bits per heavy atom. The van der Waals surface area contributed by atoms with Gasteiger partial charge < -0.3 is 25.1 Å². The lowest BCUT2D eigenvalue weighted by atomic mass is 9.73. The highest BCUT2D eigenvalue weighted by molar-refractivity contribution is 6.32. The fourth-order valence-corrected chi connectivity index (χ4v) is 4.85. The van der Waals surface area contributed by atoms with Gasteiger partial charge >= 0.3 is 0 Å². The molecule has 4 heterocycles. The number of para-hydroxylation sites is 1. The number of nitrogens with one attached hydrogen (secondary N) is 3. The molecule has 166 valence electrons. The van der Waals surface area contributed by atoms with E-state index in [-0.39, 0.29) is 11.3 Å². The van der Waals surface area contributed by atoms with Crippen LogP contribution in [0.25, 0.3) is 11.3 Å². The number of aromatic nitrogens is 2. The van der Waals surface area contributed by atoms with Gasteiger partial charge in [0.2, 0.25) is 0 Å². The fraction of sp³-hybridized carbons (Fsp3) is 0.304. The van der Waals surface area contributed by atoms with Crippen LogP contribution >= 0.6 is 11.6 Å².